The fourth-order valence-electron chi connectivity index (χ4n) is 6.61. The molecule has 5 atom stereocenters. The molecule has 2 aromatic carbocycles. The zero-order valence-corrected chi connectivity index (χ0v) is 33.0. The lowest BCUT2D eigenvalue weighted by atomic mass is 9.96. The van der Waals surface area contributed by atoms with Crippen molar-refractivity contribution < 1.29 is 57.1 Å². The van der Waals surface area contributed by atoms with E-state index >= 15 is 0 Å². The number of aromatic nitrogens is 6. The van der Waals surface area contributed by atoms with Crippen LogP contribution in [0.4, 0.5) is 0 Å². The predicted molar refractivity (Wildman–Crippen MR) is 198 cm³/mol. The lowest BCUT2D eigenvalue weighted by molar-refractivity contribution is -0.323. The second kappa shape index (κ2) is 18.3. The van der Waals surface area contributed by atoms with Gasteiger partial charge in [0.15, 0.2) is 30.1 Å². The number of imidazole rings is 1. The van der Waals surface area contributed by atoms with Gasteiger partial charge in [0.1, 0.15) is 17.1 Å². The first-order valence-electron chi connectivity index (χ1n) is 18.3. The number of tetrazole rings is 1. The normalized spacial score (nSPS) is 19.3. The molecule has 0 amide bonds. The summed E-state index contributed by atoms with van der Waals surface area (Å²) >= 11 is 0. The highest BCUT2D eigenvalue weighted by molar-refractivity contribution is 5.89. The number of aryl methyl sites for hydroxylation is 1. The van der Waals surface area contributed by atoms with Gasteiger partial charge >= 0.3 is 29.8 Å². The zero-order chi connectivity index (χ0) is 41.4. The Morgan fingerprint density at radius 3 is 2.07 bits per heavy atom. The Bertz CT molecular complexity index is 2060. The first-order valence-corrected chi connectivity index (χ1v) is 18.3. The van der Waals surface area contributed by atoms with Crippen LogP contribution in [0.1, 0.15) is 82.5 Å². The summed E-state index contributed by atoms with van der Waals surface area (Å²) in [6, 6.07) is 15.5. The van der Waals surface area contributed by atoms with Gasteiger partial charge in [-0.05, 0) is 49.1 Å². The number of esters is 5. The van der Waals surface area contributed by atoms with E-state index in [1.165, 1.54) is 0 Å². The van der Waals surface area contributed by atoms with E-state index < -0.39 is 66.2 Å². The molecule has 0 bridgehead atoms. The second-order valence-electron chi connectivity index (χ2n) is 13.6. The third kappa shape index (κ3) is 9.69. The van der Waals surface area contributed by atoms with Gasteiger partial charge in [-0.25, -0.2) is 14.6 Å². The van der Waals surface area contributed by atoms with Gasteiger partial charge < -0.3 is 37.7 Å². The Morgan fingerprint density at radius 2 is 1.49 bits per heavy atom. The summed E-state index contributed by atoms with van der Waals surface area (Å²) in [6.07, 6.45) is -6.92. The number of nitrogens with one attached hydrogen (secondary N) is 1. The van der Waals surface area contributed by atoms with Gasteiger partial charge in [0.2, 0.25) is 12.1 Å². The Hall–Kier alpha value is -6.01. The molecule has 1 saturated heterocycles. The minimum absolute atomic E-state index is 0.0605. The largest absolute Gasteiger partial charge is 0.467 e. The van der Waals surface area contributed by atoms with Crippen molar-refractivity contribution in [2.45, 2.75) is 104 Å². The number of carbonyl (C=O) groups excluding carboxylic acids is 5. The van der Waals surface area contributed by atoms with Crippen molar-refractivity contribution >= 4 is 29.8 Å². The van der Waals surface area contributed by atoms with Crippen molar-refractivity contribution in [1.29, 1.82) is 0 Å². The van der Waals surface area contributed by atoms with Gasteiger partial charge in [-0.1, -0.05) is 55.5 Å². The van der Waals surface area contributed by atoms with E-state index in [0.29, 0.717) is 24.5 Å². The van der Waals surface area contributed by atoms with Crippen molar-refractivity contribution in [3.8, 4) is 22.5 Å². The van der Waals surface area contributed by atoms with Crippen LogP contribution in [-0.2, 0) is 70.9 Å². The summed E-state index contributed by atoms with van der Waals surface area (Å²) in [5.41, 5.74) is 2.14. The molecular weight excluding hydrogens is 744 g/mol. The Kier molecular flexibility index (Phi) is 13.5. The number of benzene rings is 2. The maximum Gasteiger partial charge on any atom is 0.357 e. The van der Waals surface area contributed by atoms with Crippen molar-refractivity contribution in [3.63, 3.8) is 0 Å². The van der Waals surface area contributed by atoms with E-state index in [4.69, 9.17) is 38.1 Å². The third-order valence-corrected chi connectivity index (χ3v) is 8.92. The van der Waals surface area contributed by atoms with Crippen LogP contribution in [-0.4, -0.2) is 104 Å². The number of methoxy groups -OCH3 is 1. The van der Waals surface area contributed by atoms with Crippen LogP contribution >= 0.6 is 0 Å². The molecule has 18 heteroatoms. The molecule has 0 saturated carbocycles. The maximum atomic E-state index is 13.9. The first-order chi connectivity index (χ1) is 27.2. The SMILES string of the molecule is CCCc1nc(C(C)(C)O[C@@H]2O[C@H](C(=O)OC)[C@@H](OC(C)=O)[C@H](OC(C)=O)[C@H]2OC(C)=O)c(C(=O)OCC)n1Cc1ccc(-c2ccccc2-c2nn[nH]n2)cc1. The fraction of sp³-hybridized carbons (Fsp3) is 0.462. The summed E-state index contributed by atoms with van der Waals surface area (Å²) in [5.74, 6) is -3.15. The molecule has 1 N–H and O–H groups in total. The van der Waals surface area contributed by atoms with Gasteiger partial charge in [-0.3, -0.25) is 14.4 Å². The molecule has 18 nitrogen and oxygen atoms in total. The molecular formula is C39H46N6O12. The van der Waals surface area contributed by atoms with Crippen LogP contribution in [0, 0.1) is 0 Å². The molecule has 0 radical (unpaired) electrons. The highest BCUT2D eigenvalue weighted by Crippen LogP contribution is 2.37. The molecule has 1 aliphatic rings. The lowest BCUT2D eigenvalue weighted by Gasteiger charge is -2.45. The Morgan fingerprint density at radius 1 is 0.860 bits per heavy atom. The van der Waals surface area contributed by atoms with Gasteiger partial charge in [-0.15, -0.1) is 10.2 Å². The molecule has 0 aliphatic carbocycles. The van der Waals surface area contributed by atoms with Crippen molar-refractivity contribution in [2.75, 3.05) is 13.7 Å². The minimum atomic E-state index is -1.68. The molecule has 1 aliphatic heterocycles. The maximum absolute atomic E-state index is 13.9. The van der Waals surface area contributed by atoms with Gasteiger partial charge in [-0.2, -0.15) is 5.21 Å². The third-order valence-electron chi connectivity index (χ3n) is 8.92. The number of nitrogens with zero attached hydrogens (tertiary/aromatic N) is 5. The molecule has 0 spiro atoms. The standard InChI is InChI=1S/C39H46N6O12/c1-9-13-28-40-34(39(6,7)57-38-33(55-23(5)48)31(54-22(4)47)30(53-21(3)46)32(56-38)37(50)51-8)29(36(49)52-10-2)45(28)20-24-16-18-25(19-17-24)26-14-11-12-15-27(26)35-41-43-44-42-35/h11-12,14-19,30-33,38H,9-10,13,20H2,1-8H3,(H,41,42,43,44)/t30-,31-,32-,33+,38-/m0/s1. The number of hydrogen-bond acceptors (Lipinski definition) is 16. The monoisotopic (exact) mass is 790 g/mol. The van der Waals surface area contributed by atoms with Crippen LogP contribution in [0.2, 0.25) is 0 Å². The lowest BCUT2D eigenvalue weighted by Crippen LogP contribution is -2.64. The number of carbonyl (C=O) groups is 5. The summed E-state index contributed by atoms with van der Waals surface area (Å²) in [7, 11) is 1.09. The van der Waals surface area contributed by atoms with E-state index in [2.05, 4.69) is 20.6 Å². The number of rotatable bonds is 15. The molecule has 4 aromatic rings. The molecule has 304 valence electrons. The molecule has 0 unspecified atom stereocenters. The van der Waals surface area contributed by atoms with Gasteiger partial charge in [0.25, 0.3) is 0 Å². The summed E-state index contributed by atoms with van der Waals surface area (Å²) in [4.78, 5) is 68.8. The highest BCUT2D eigenvalue weighted by atomic mass is 16.7. The molecule has 2 aromatic heterocycles. The highest BCUT2D eigenvalue weighted by Gasteiger charge is 2.56. The van der Waals surface area contributed by atoms with Gasteiger partial charge in [0, 0.05) is 39.3 Å². The average molecular weight is 791 g/mol. The van der Waals surface area contributed by atoms with Crippen LogP contribution in [0.25, 0.3) is 22.5 Å². The number of hydrogen-bond donors (Lipinski definition) is 1. The minimum Gasteiger partial charge on any atom is -0.467 e. The fourth-order valence-corrected chi connectivity index (χ4v) is 6.61. The smallest absolute Gasteiger partial charge is 0.357 e. The topological polar surface area (TPSA) is 222 Å². The molecule has 3 heterocycles. The van der Waals surface area contributed by atoms with Crippen LogP contribution in [0.3, 0.4) is 0 Å². The number of ether oxygens (including phenoxy) is 7. The molecule has 5 rings (SSSR count). The molecule has 57 heavy (non-hydrogen) atoms. The number of H-pyrrole nitrogens is 1. The quantitative estimate of drug-likeness (QED) is 0.133. The summed E-state index contributed by atoms with van der Waals surface area (Å²) in [6.45, 7) is 10.4. The first kappa shape index (κ1) is 42.1. The van der Waals surface area contributed by atoms with Crippen molar-refractivity contribution in [2.24, 2.45) is 0 Å². The Labute approximate surface area is 328 Å². The van der Waals surface area contributed by atoms with Crippen LogP contribution < -0.4 is 0 Å². The zero-order valence-electron chi connectivity index (χ0n) is 33.0. The van der Waals surface area contributed by atoms with Gasteiger partial charge in [0.05, 0.1) is 13.7 Å². The van der Waals surface area contributed by atoms with E-state index in [1.54, 1.807) is 25.3 Å². The van der Waals surface area contributed by atoms with Crippen LogP contribution in [0.15, 0.2) is 48.5 Å². The van der Waals surface area contributed by atoms with E-state index in [-0.39, 0.29) is 24.5 Å². The average Bonchev–Trinajstić information content (AvgIpc) is 3.83. The van der Waals surface area contributed by atoms with Crippen LogP contribution in [0.5, 0.6) is 0 Å². The molecule has 1 fully saturated rings. The second-order valence-corrected chi connectivity index (χ2v) is 13.6. The summed E-state index contributed by atoms with van der Waals surface area (Å²) in [5, 5.41) is 14.4. The Balaban J connectivity index is 1.56. The van der Waals surface area contributed by atoms with Crippen molar-refractivity contribution in [3.05, 3.63) is 71.3 Å². The van der Waals surface area contributed by atoms with Crippen molar-refractivity contribution in [1.82, 2.24) is 30.2 Å². The number of aromatic amines is 1. The predicted octanol–water partition coefficient (Wildman–Crippen LogP) is 3.85. The summed E-state index contributed by atoms with van der Waals surface area (Å²) < 4.78 is 41.2. The van der Waals surface area contributed by atoms with E-state index in [0.717, 1.165) is 50.1 Å². The van der Waals surface area contributed by atoms with E-state index in [9.17, 15) is 24.0 Å². The van der Waals surface area contributed by atoms with E-state index in [1.807, 2.05) is 55.5 Å².